The normalized spacial score (nSPS) is 14.6. The van der Waals surface area contributed by atoms with Gasteiger partial charge in [0.05, 0.1) is 24.6 Å². The van der Waals surface area contributed by atoms with Crippen LogP contribution < -0.4 is 11.2 Å². The van der Waals surface area contributed by atoms with Gasteiger partial charge in [-0.2, -0.15) is 4.98 Å². The van der Waals surface area contributed by atoms with Gasteiger partial charge in [0.25, 0.3) is 5.56 Å². The Kier molecular flexibility index (Phi) is 6.47. The Labute approximate surface area is 234 Å². The summed E-state index contributed by atoms with van der Waals surface area (Å²) in [6, 6.07) is 17.3. The smallest absolute Gasteiger partial charge is 0.415 e. The highest BCUT2D eigenvalue weighted by Crippen LogP contribution is 2.44. The van der Waals surface area contributed by atoms with E-state index < -0.39 is 23.3 Å². The molecule has 2 aromatic carbocycles. The zero-order chi connectivity index (χ0) is 28.2. The molecule has 3 heterocycles. The molecule has 6 rings (SSSR count). The quantitative estimate of drug-likeness (QED) is 0.289. The summed E-state index contributed by atoms with van der Waals surface area (Å²) in [5.41, 5.74) is 2.14. The predicted molar refractivity (Wildman–Crippen MR) is 154 cm³/mol. The number of fused-ring (bicyclic) bond motifs is 1. The lowest BCUT2D eigenvalue weighted by Gasteiger charge is -2.26. The average molecular weight is 559 g/mol. The SMILES string of the molecule is CC(C)(C)C(O)Cn1c(=O)c2cc(C3CC3)sc2n(Cc2ccc(-c3ccccc3-c3noc(O)n3)cc2)c1=O. The van der Waals surface area contributed by atoms with Gasteiger partial charge in [0.1, 0.15) is 4.83 Å². The lowest BCUT2D eigenvalue weighted by Crippen LogP contribution is -2.44. The Morgan fingerprint density at radius 3 is 2.38 bits per heavy atom. The topological polar surface area (TPSA) is 123 Å². The summed E-state index contributed by atoms with van der Waals surface area (Å²) in [5.74, 6) is 0.740. The minimum Gasteiger partial charge on any atom is -0.464 e. The third-order valence-electron chi connectivity index (χ3n) is 7.44. The summed E-state index contributed by atoms with van der Waals surface area (Å²) < 4.78 is 7.59. The molecule has 0 saturated heterocycles. The molecule has 206 valence electrons. The molecule has 10 heteroatoms. The molecular weight excluding hydrogens is 528 g/mol. The molecule has 1 unspecified atom stereocenters. The van der Waals surface area contributed by atoms with Crippen molar-refractivity contribution in [3.63, 3.8) is 0 Å². The van der Waals surface area contributed by atoms with Gasteiger partial charge in [0.2, 0.25) is 5.82 Å². The molecule has 1 aliphatic rings. The van der Waals surface area contributed by atoms with Crippen molar-refractivity contribution in [2.45, 2.75) is 58.7 Å². The molecule has 1 aliphatic carbocycles. The highest BCUT2D eigenvalue weighted by atomic mass is 32.1. The average Bonchev–Trinajstić information content (AvgIpc) is 3.54. The molecule has 0 spiro atoms. The van der Waals surface area contributed by atoms with Gasteiger partial charge in [-0.15, -0.1) is 11.3 Å². The Balaban J connectivity index is 1.39. The zero-order valence-corrected chi connectivity index (χ0v) is 23.3. The molecule has 0 radical (unpaired) electrons. The van der Waals surface area contributed by atoms with E-state index in [9.17, 15) is 19.8 Å². The molecule has 1 atom stereocenters. The van der Waals surface area contributed by atoms with E-state index in [1.807, 2.05) is 75.4 Å². The number of aliphatic hydroxyl groups is 1. The van der Waals surface area contributed by atoms with Crippen LogP contribution in [0, 0.1) is 5.41 Å². The van der Waals surface area contributed by atoms with Crippen LogP contribution in [0.5, 0.6) is 6.08 Å². The Hall–Kier alpha value is -4.02. The first-order valence-electron chi connectivity index (χ1n) is 13.3. The summed E-state index contributed by atoms with van der Waals surface area (Å²) in [7, 11) is 0. The van der Waals surface area contributed by atoms with Crippen molar-refractivity contribution in [2.24, 2.45) is 5.41 Å². The van der Waals surface area contributed by atoms with E-state index in [0.29, 0.717) is 21.7 Å². The van der Waals surface area contributed by atoms with Crippen LogP contribution in [-0.2, 0) is 13.1 Å². The van der Waals surface area contributed by atoms with Gasteiger partial charge in [-0.05, 0) is 46.9 Å². The maximum absolute atomic E-state index is 13.7. The summed E-state index contributed by atoms with van der Waals surface area (Å²) in [6.45, 7) is 5.88. The van der Waals surface area contributed by atoms with Crippen LogP contribution in [0.3, 0.4) is 0 Å². The van der Waals surface area contributed by atoms with E-state index in [2.05, 4.69) is 10.1 Å². The standard InChI is InChI=1S/C30H30N4O5S/c1-30(2,3)24(35)16-33-26(36)22-14-23(19-12-13-19)40-27(22)34(29(33)38)15-17-8-10-18(11-9-17)20-6-4-5-7-21(20)25-31-28(37)39-32-25/h4-11,14,19,24,35H,12-13,15-16H2,1-3H3,(H,31,32,37). The third-order valence-corrected chi connectivity index (χ3v) is 8.76. The fourth-order valence-electron chi connectivity index (χ4n) is 4.76. The number of hydrogen-bond acceptors (Lipinski definition) is 8. The van der Waals surface area contributed by atoms with Crippen molar-refractivity contribution >= 4 is 21.6 Å². The number of nitrogens with zero attached hydrogens (tertiary/aromatic N) is 4. The van der Waals surface area contributed by atoms with Crippen LogP contribution in [0.15, 0.2) is 68.7 Å². The molecule has 3 aromatic heterocycles. The van der Waals surface area contributed by atoms with Crippen molar-refractivity contribution in [2.75, 3.05) is 0 Å². The fourth-order valence-corrected chi connectivity index (χ4v) is 6.07. The first-order chi connectivity index (χ1) is 19.1. The van der Waals surface area contributed by atoms with E-state index in [1.54, 1.807) is 4.57 Å². The Bertz CT molecular complexity index is 1820. The molecule has 0 aliphatic heterocycles. The maximum atomic E-state index is 13.7. The number of aliphatic hydroxyl groups excluding tert-OH is 1. The lowest BCUT2D eigenvalue weighted by atomic mass is 9.89. The van der Waals surface area contributed by atoms with Crippen molar-refractivity contribution < 1.29 is 14.7 Å². The van der Waals surface area contributed by atoms with E-state index in [4.69, 9.17) is 4.52 Å². The summed E-state index contributed by atoms with van der Waals surface area (Å²) in [6.07, 6.45) is 0.846. The number of aromatic nitrogens is 4. The number of benzene rings is 2. The van der Waals surface area contributed by atoms with Gasteiger partial charge in [-0.25, -0.2) is 4.79 Å². The van der Waals surface area contributed by atoms with E-state index >= 15 is 0 Å². The van der Waals surface area contributed by atoms with Gasteiger partial charge in [0, 0.05) is 10.4 Å². The number of hydrogen-bond donors (Lipinski definition) is 2. The first kappa shape index (κ1) is 26.2. The minimum atomic E-state index is -0.856. The van der Waals surface area contributed by atoms with Gasteiger partial charge < -0.3 is 10.2 Å². The van der Waals surface area contributed by atoms with Gasteiger partial charge >= 0.3 is 11.8 Å². The summed E-state index contributed by atoms with van der Waals surface area (Å²) >= 11 is 1.52. The molecule has 5 aromatic rings. The monoisotopic (exact) mass is 558 g/mol. The predicted octanol–water partition coefficient (Wildman–Crippen LogP) is 4.98. The molecule has 0 bridgehead atoms. The molecule has 1 fully saturated rings. The number of rotatable bonds is 7. The first-order valence-corrected chi connectivity index (χ1v) is 14.1. The highest BCUT2D eigenvalue weighted by molar-refractivity contribution is 7.18. The molecule has 2 N–H and O–H groups in total. The second-order valence-electron chi connectivity index (χ2n) is 11.5. The largest absolute Gasteiger partial charge is 0.464 e. The van der Waals surface area contributed by atoms with Gasteiger partial charge in [0.15, 0.2) is 0 Å². The molecule has 40 heavy (non-hydrogen) atoms. The molecule has 0 amide bonds. The summed E-state index contributed by atoms with van der Waals surface area (Å²) in [4.78, 5) is 32.9. The van der Waals surface area contributed by atoms with Crippen molar-refractivity contribution in [3.8, 4) is 28.6 Å². The van der Waals surface area contributed by atoms with Gasteiger partial charge in [-0.3, -0.25) is 18.5 Å². The van der Waals surface area contributed by atoms with E-state index in [-0.39, 0.29) is 24.5 Å². The lowest BCUT2D eigenvalue weighted by molar-refractivity contribution is 0.0460. The highest BCUT2D eigenvalue weighted by Gasteiger charge is 2.29. The molecule has 1 saturated carbocycles. The van der Waals surface area contributed by atoms with E-state index in [0.717, 1.165) is 34.4 Å². The maximum Gasteiger partial charge on any atom is 0.415 e. The van der Waals surface area contributed by atoms with Crippen molar-refractivity contribution in [1.82, 2.24) is 19.3 Å². The van der Waals surface area contributed by atoms with Crippen LogP contribution in [0.4, 0.5) is 0 Å². The third kappa shape index (κ3) is 4.89. The van der Waals surface area contributed by atoms with Crippen LogP contribution in [0.2, 0.25) is 0 Å². The summed E-state index contributed by atoms with van der Waals surface area (Å²) in [5, 5.41) is 24.6. The van der Waals surface area contributed by atoms with Crippen LogP contribution in [0.25, 0.3) is 32.7 Å². The Morgan fingerprint density at radius 1 is 1.05 bits per heavy atom. The number of aromatic hydroxyl groups is 1. The number of thiophene rings is 1. The van der Waals surface area contributed by atoms with Crippen molar-refractivity contribution in [1.29, 1.82) is 0 Å². The van der Waals surface area contributed by atoms with Crippen LogP contribution in [0.1, 0.15) is 50.0 Å². The fraction of sp³-hybridized carbons (Fsp3) is 0.333. The van der Waals surface area contributed by atoms with Gasteiger partial charge in [-0.1, -0.05) is 74.5 Å². The van der Waals surface area contributed by atoms with Crippen LogP contribution in [-0.4, -0.2) is 35.6 Å². The Morgan fingerprint density at radius 2 is 1.75 bits per heavy atom. The molecule has 9 nitrogen and oxygen atoms in total. The van der Waals surface area contributed by atoms with Crippen molar-refractivity contribution in [3.05, 3.63) is 85.9 Å². The van der Waals surface area contributed by atoms with Crippen LogP contribution >= 0.6 is 11.3 Å². The minimum absolute atomic E-state index is 0.0624. The molecular formula is C30H30N4O5S. The second-order valence-corrected chi connectivity index (χ2v) is 12.5. The van der Waals surface area contributed by atoms with E-state index in [1.165, 1.54) is 15.9 Å². The zero-order valence-electron chi connectivity index (χ0n) is 22.5. The second kappa shape index (κ2) is 9.87.